The van der Waals surface area contributed by atoms with Gasteiger partial charge in [-0.25, -0.2) is 0 Å². The zero-order valence-electron chi connectivity index (χ0n) is 18.0. The molecule has 0 spiro atoms. The normalized spacial score (nSPS) is 11.1. The third kappa shape index (κ3) is 7.30. The van der Waals surface area contributed by atoms with Crippen LogP contribution in [0.15, 0.2) is 48.5 Å². The number of anilines is 1. The van der Waals surface area contributed by atoms with Crippen LogP contribution in [-0.2, 0) is 4.79 Å². The Labute approximate surface area is 174 Å². The van der Waals surface area contributed by atoms with Crippen LogP contribution in [0.4, 0.5) is 5.69 Å². The highest BCUT2D eigenvalue weighted by Gasteiger charge is 2.08. The predicted octanol–water partition coefficient (Wildman–Crippen LogP) is 6.43. The van der Waals surface area contributed by atoms with E-state index in [1.54, 1.807) is 13.2 Å². The van der Waals surface area contributed by atoms with Gasteiger partial charge in [0.05, 0.1) is 13.7 Å². The van der Waals surface area contributed by atoms with Crippen LogP contribution in [0.2, 0.25) is 0 Å². The Balaban J connectivity index is 1.98. The van der Waals surface area contributed by atoms with E-state index in [-0.39, 0.29) is 5.91 Å². The van der Waals surface area contributed by atoms with Gasteiger partial charge in [-0.3, -0.25) is 4.79 Å². The molecule has 4 nitrogen and oxygen atoms in total. The van der Waals surface area contributed by atoms with E-state index in [1.807, 2.05) is 42.5 Å². The lowest BCUT2D eigenvalue weighted by atomic mass is 10.0. The molecule has 2 aromatic carbocycles. The lowest BCUT2D eigenvalue weighted by molar-refractivity contribution is -0.111. The van der Waals surface area contributed by atoms with Gasteiger partial charge in [0, 0.05) is 11.8 Å². The third-order valence-electron chi connectivity index (χ3n) is 4.71. The summed E-state index contributed by atoms with van der Waals surface area (Å²) in [5.41, 5.74) is 2.85. The average Bonchev–Trinajstić information content (AvgIpc) is 2.72. The van der Waals surface area contributed by atoms with Gasteiger partial charge in [-0.1, -0.05) is 64.3 Å². The molecule has 0 radical (unpaired) electrons. The first-order valence-electron chi connectivity index (χ1n) is 10.4. The standard InChI is InChI=1S/C25H33NO3/c1-5-6-7-10-17-29-23-15-13-20(18-24(23)28-4)14-16-25(27)26-22-12-9-8-11-21(22)19(2)3/h8-9,11-16,18-19H,5-7,10,17H2,1-4H3,(H,26,27). The minimum atomic E-state index is -0.159. The maximum Gasteiger partial charge on any atom is 0.248 e. The number of hydrogen-bond acceptors (Lipinski definition) is 3. The molecule has 156 valence electrons. The van der Waals surface area contributed by atoms with Crippen molar-refractivity contribution in [2.75, 3.05) is 19.0 Å². The monoisotopic (exact) mass is 395 g/mol. The topological polar surface area (TPSA) is 47.6 Å². The zero-order chi connectivity index (χ0) is 21.1. The first kappa shape index (κ1) is 22.5. The molecule has 0 heterocycles. The van der Waals surface area contributed by atoms with Gasteiger partial charge in [-0.05, 0) is 47.7 Å². The van der Waals surface area contributed by atoms with Crippen LogP contribution in [0.5, 0.6) is 11.5 Å². The van der Waals surface area contributed by atoms with Crippen LogP contribution in [0.25, 0.3) is 6.08 Å². The molecule has 29 heavy (non-hydrogen) atoms. The highest BCUT2D eigenvalue weighted by molar-refractivity contribution is 6.02. The Hall–Kier alpha value is -2.75. The Bertz CT molecular complexity index is 811. The van der Waals surface area contributed by atoms with Crippen molar-refractivity contribution < 1.29 is 14.3 Å². The number of ether oxygens (including phenoxy) is 2. The SMILES string of the molecule is CCCCCCOc1ccc(C=CC(=O)Nc2ccccc2C(C)C)cc1OC. The van der Waals surface area contributed by atoms with Gasteiger partial charge < -0.3 is 14.8 Å². The fraction of sp³-hybridized carbons (Fsp3) is 0.400. The second-order valence-electron chi connectivity index (χ2n) is 7.38. The number of para-hydroxylation sites is 1. The minimum Gasteiger partial charge on any atom is -0.493 e. The number of benzene rings is 2. The van der Waals surface area contributed by atoms with Gasteiger partial charge in [0.1, 0.15) is 0 Å². The molecule has 1 amide bonds. The van der Waals surface area contributed by atoms with E-state index in [0.29, 0.717) is 18.3 Å². The summed E-state index contributed by atoms with van der Waals surface area (Å²) in [4.78, 5) is 12.4. The van der Waals surface area contributed by atoms with E-state index in [1.165, 1.54) is 25.3 Å². The van der Waals surface area contributed by atoms with Crippen molar-refractivity contribution in [2.45, 2.75) is 52.4 Å². The molecule has 0 fully saturated rings. The number of carbonyl (C=O) groups excluding carboxylic acids is 1. The van der Waals surface area contributed by atoms with E-state index in [2.05, 4.69) is 26.1 Å². The molecule has 0 bridgehead atoms. The van der Waals surface area contributed by atoms with Gasteiger partial charge in [-0.15, -0.1) is 0 Å². The van der Waals surface area contributed by atoms with E-state index >= 15 is 0 Å². The van der Waals surface area contributed by atoms with Gasteiger partial charge in [0.2, 0.25) is 5.91 Å². The first-order chi connectivity index (χ1) is 14.0. The van der Waals surface area contributed by atoms with Crippen LogP contribution in [0.1, 0.15) is 63.5 Å². The summed E-state index contributed by atoms with van der Waals surface area (Å²) in [6.07, 6.45) is 7.97. The summed E-state index contributed by atoms with van der Waals surface area (Å²) in [7, 11) is 1.63. The number of methoxy groups -OCH3 is 1. The Kier molecular flexibility index (Phi) is 9.29. The van der Waals surface area contributed by atoms with Crippen molar-refractivity contribution in [1.29, 1.82) is 0 Å². The molecule has 0 unspecified atom stereocenters. The van der Waals surface area contributed by atoms with Crippen molar-refractivity contribution in [3.8, 4) is 11.5 Å². The number of rotatable bonds is 11. The third-order valence-corrected chi connectivity index (χ3v) is 4.71. The fourth-order valence-electron chi connectivity index (χ4n) is 3.08. The quantitative estimate of drug-likeness (QED) is 0.352. The van der Waals surface area contributed by atoms with E-state index in [9.17, 15) is 4.79 Å². The summed E-state index contributed by atoms with van der Waals surface area (Å²) in [5.74, 6) is 1.59. The molecule has 0 saturated heterocycles. The summed E-state index contributed by atoms with van der Waals surface area (Å²) in [6.45, 7) is 7.10. The number of nitrogens with one attached hydrogen (secondary N) is 1. The van der Waals surface area contributed by atoms with Crippen molar-refractivity contribution in [1.82, 2.24) is 0 Å². The summed E-state index contributed by atoms with van der Waals surface area (Å²) in [6, 6.07) is 13.6. The second kappa shape index (κ2) is 11.9. The van der Waals surface area contributed by atoms with Crippen LogP contribution in [0.3, 0.4) is 0 Å². The number of carbonyl (C=O) groups is 1. The molecule has 0 aliphatic rings. The first-order valence-corrected chi connectivity index (χ1v) is 10.4. The zero-order valence-corrected chi connectivity index (χ0v) is 18.0. The van der Waals surface area contributed by atoms with E-state index in [4.69, 9.17) is 9.47 Å². The van der Waals surface area contributed by atoms with Gasteiger partial charge >= 0.3 is 0 Å². The number of hydrogen-bond donors (Lipinski definition) is 1. The van der Waals surface area contributed by atoms with Gasteiger partial charge in [0.25, 0.3) is 0 Å². The van der Waals surface area contributed by atoms with Crippen molar-refractivity contribution in [3.05, 3.63) is 59.7 Å². The van der Waals surface area contributed by atoms with Crippen molar-refractivity contribution in [2.24, 2.45) is 0 Å². The molecular weight excluding hydrogens is 362 g/mol. The molecule has 0 saturated carbocycles. The molecule has 2 aromatic rings. The number of unbranched alkanes of at least 4 members (excludes halogenated alkanes) is 3. The number of amides is 1. The summed E-state index contributed by atoms with van der Waals surface area (Å²) < 4.78 is 11.3. The second-order valence-corrected chi connectivity index (χ2v) is 7.38. The molecule has 0 aliphatic carbocycles. The van der Waals surface area contributed by atoms with Gasteiger partial charge in [-0.2, -0.15) is 0 Å². The smallest absolute Gasteiger partial charge is 0.248 e. The predicted molar refractivity (Wildman–Crippen MR) is 121 cm³/mol. The van der Waals surface area contributed by atoms with E-state index in [0.717, 1.165) is 29.0 Å². The largest absolute Gasteiger partial charge is 0.493 e. The van der Waals surface area contributed by atoms with Crippen LogP contribution in [0, 0.1) is 0 Å². The van der Waals surface area contributed by atoms with Crippen molar-refractivity contribution >= 4 is 17.7 Å². The minimum absolute atomic E-state index is 0.159. The molecule has 4 heteroatoms. The Morgan fingerprint density at radius 1 is 1.07 bits per heavy atom. The highest BCUT2D eigenvalue weighted by Crippen LogP contribution is 2.29. The molecule has 0 atom stereocenters. The summed E-state index contributed by atoms with van der Waals surface area (Å²) in [5, 5.41) is 2.97. The lowest BCUT2D eigenvalue weighted by Crippen LogP contribution is -2.10. The van der Waals surface area contributed by atoms with Crippen molar-refractivity contribution in [3.63, 3.8) is 0 Å². The van der Waals surface area contributed by atoms with Crippen LogP contribution >= 0.6 is 0 Å². The molecule has 2 rings (SSSR count). The Morgan fingerprint density at radius 2 is 1.86 bits per heavy atom. The fourth-order valence-corrected chi connectivity index (χ4v) is 3.08. The average molecular weight is 396 g/mol. The highest BCUT2D eigenvalue weighted by atomic mass is 16.5. The maximum absolute atomic E-state index is 12.4. The maximum atomic E-state index is 12.4. The summed E-state index contributed by atoms with van der Waals surface area (Å²) >= 11 is 0. The molecule has 0 aliphatic heterocycles. The van der Waals surface area contributed by atoms with Crippen LogP contribution in [-0.4, -0.2) is 19.6 Å². The Morgan fingerprint density at radius 3 is 2.59 bits per heavy atom. The lowest BCUT2D eigenvalue weighted by Gasteiger charge is -2.12. The van der Waals surface area contributed by atoms with Gasteiger partial charge in [0.15, 0.2) is 11.5 Å². The van der Waals surface area contributed by atoms with E-state index < -0.39 is 0 Å². The molecular formula is C25H33NO3. The molecule has 1 N–H and O–H groups in total. The van der Waals surface area contributed by atoms with Crippen LogP contribution < -0.4 is 14.8 Å². The molecule has 0 aromatic heterocycles.